The molecule has 1 aromatic rings. The molecule has 96 valence electrons. The van der Waals surface area contributed by atoms with Crippen molar-refractivity contribution in [2.24, 2.45) is 5.73 Å². The average Bonchev–Trinajstić information content (AvgIpc) is 2.26. The molecule has 0 aliphatic carbocycles. The summed E-state index contributed by atoms with van der Waals surface area (Å²) >= 11 is 0. The van der Waals surface area contributed by atoms with Crippen molar-refractivity contribution in [2.45, 2.75) is 12.5 Å². The van der Waals surface area contributed by atoms with Crippen LogP contribution in [0, 0.1) is 17.5 Å². The molecule has 0 aromatic heterocycles. The Bertz CT molecular complexity index is 360. The molecule has 17 heavy (non-hydrogen) atoms. The molecule has 1 unspecified atom stereocenters. The van der Waals surface area contributed by atoms with Crippen LogP contribution in [-0.2, 0) is 0 Å². The van der Waals surface area contributed by atoms with E-state index in [2.05, 4.69) is 5.32 Å². The molecule has 0 bridgehead atoms. The molecule has 3 N–H and O–H groups in total. The van der Waals surface area contributed by atoms with Gasteiger partial charge in [-0.15, -0.1) is 0 Å². The number of rotatable bonds is 5. The fourth-order valence-electron chi connectivity index (χ4n) is 1.34. The van der Waals surface area contributed by atoms with Gasteiger partial charge in [0.25, 0.3) is 6.43 Å². The molecule has 0 radical (unpaired) electrons. The molecule has 0 saturated heterocycles. The van der Waals surface area contributed by atoms with Gasteiger partial charge < -0.3 is 11.1 Å². The Morgan fingerprint density at radius 1 is 1.12 bits per heavy atom. The Balaban J connectivity index is 2.88. The highest BCUT2D eigenvalue weighted by molar-refractivity contribution is 5.23. The highest BCUT2D eigenvalue weighted by atomic mass is 19.3. The van der Waals surface area contributed by atoms with E-state index in [-0.39, 0.29) is 12.1 Å². The minimum Gasteiger partial charge on any atom is -0.329 e. The Hall–Kier alpha value is -1.21. The zero-order valence-electron chi connectivity index (χ0n) is 8.69. The van der Waals surface area contributed by atoms with Gasteiger partial charge in [-0.05, 0) is 17.7 Å². The number of hydrogen-bond donors (Lipinski definition) is 2. The van der Waals surface area contributed by atoms with Crippen LogP contribution in [0.25, 0.3) is 0 Å². The van der Waals surface area contributed by atoms with Crippen LogP contribution < -0.4 is 11.1 Å². The highest BCUT2D eigenvalue weighted by Crippen LogP contribution is 2.19. The summed E-state index contributed by atoms with van der Waals surface area (Å²) in [6.45, 7) is -0.806. The van der Waals surface area contributed by atoms with Crippen molar-refractivity contribution in [3.05, 3.63) is 35.1 Å². The molecular weight excluding hydrogens is 243 g/mol. The summed E-state index contributed by atoms with van der Waals surface area (Å²) in [5, 5.41) is 2.33. The summed E-state index contributed by atoms with van der Waals surface area (Å²) in [5.74, 6) is -4.35. The summed E-state index contributed by atoms with van der Waals surface area (Å²) in [4.78, 5) is 0. The third kappa shape index (κ3) is 3.64. The molecule has 0 aliphatic heterocycles. The predicted octanol–water partition coefficient (Wildman–Crippen LogP) is 1.96. The van der Waals surface area contributed by atoms with Crippen molar-refractivity contribution in [2.75, 3.05) is 13.1 Å². The monoisotopic (exact) mass is 254 g/mol. The van der Waals surface area contributed by atoms with Gasteiger partial charge in [0.15, 0.2) is 17.5 Å². The van der Waals surface area contributed by atoms with Gasteiger partial charge in [-0.25, -0.2) is 22.0 Å². The minimum atomic E-state index is -2.61. The maximum Gasteiger partial charge on any atom is 0.250 e. The van der Waals surface area contributed by atoms with Crippen LogP contribution in [0.1, 0.15) is 11.6 Å². The molecule has 7 heteroatoms. The fraction of sp³-hybridized carbons (Fsp3) is 0.400. The summed E-state index contributed by atoms with van der Waals surface area (Å²) in [5.41, 5.74) is 5.27. The van der Waals surface area contributed by atoms with E-state index in [1.54, 1.807) is 0 Å². The van der Waals surface area contributed by atoms with E-state index in [1.165, 1.54) is 0 Å². The Labute approximate surface area is 94.6 Å². The number of benzene rings is 1. The van der Waals surface area contributed by atoms with Crippen molar-refractivity contribution in [1.82, 2.24) is 5.32 Å². The fourth-order valence-corrected chi connectivity index (χ4v) is 1.34. The molecule has 0 amide bonds. The van der Waals surface area contributed by atoms with E-state index in [1.807, 2.05) is 0 Å². The number of alkyl halides is 2. The third-order valence-electron chi connectivity index (χ3n) is 2.16. The zero-order valence-corrected chi connectivity index (χ0v) is 8.69. The second kappa shape index (κ2) is 5.92. The van der Waals surface area contributed by atoms with Crippen molar-refractivity contribution >= 4 is 0 Å². The molecule has 1 rings (SSSR count). The van der Waals surface area contributed by atoms with Gasteiger partial charge in [0.2, 0.25) is 0 Å². The lowest BCUT2D eigenvalue weighted by atomic mass is 10.1. The van der Waals surface area contributed by atoms with Gasteiger partial charge in [0.1, 0.15) is 0 Å². The van der Waals surface area contributed by atoms with Crippen LogP contribution in [0.2, 0.25) is 0 Å². The topological polar surface area (TPSA) is 38.0 Å². The van der Waals surface area contributed by atoms with Gasteiger partial charge in [-0.1, -0.05) is 0 Å². The lowest BCUT2D eigenvalue weighted by Crippen LogP contribution is -2.32. The van der Waals surface area contributed by atoms with Crippen molar-refractivity contribution < 1.29 is 22.0 Å². The van der Waals surface area contributed by atoms with E-state index < -0.39 is 36.5 Å². The lowest BCUT2D eigenvalue weighted by Gasteiger charge is -2.17. The third-order valence-corrected chi connectivity index (χ3v) is 2.16. The molecule has 1 atom stereocenters. The number of nitrogens with two attached hydrogens (primary N) is 1. The lowest BCUT2D eigenvalue weighted by molar-refractivity contribution is 0.141. The molecule has 0 aliphatic rings. The quantitative estimate of drug-likeness (QED) is 0.622. The molecule has 0 spiro atoms. The van der Waals surface area contributed by atoms with Crippen LogP contribution in [0.5, 0.6) is 0 Å². The van der Waals surface area contributed by atoms with Crippen LogP contribution in [0.4, 0.5) is 22.0 Å². The Morgan fingerprint density at radius 3 is 2.06 bits per heavy atom. The van der Waals surface area contributed by atoms with Crippen molar-refractivity contribution in [1.29, 1.82) is 0 Å². The van der Waals surface area contributed by atoms with E-state index in [9.17, 15) is 22.0 Å². The van der Waals surface area contributed by atoms with Crippen LogP contribution in [0.15, 0.2) is 12.1 Å². The second-order valence-corrected chi connectivity index (χ2v) is 3.39. The maximum atomic E-state index is 12.9. The second-order valence-electron chi connectivity index (χ2n) is 3.39. The van der Waals surface area contributed by atoms with E-state index in [4.69, 9.17) is 5.73 Å². The van der Waals surface area contributed by atoms with Crippen LogP contribution in [0.3, 0.4) is 0 Å². The highest BCUT2D eigenvalue weighted by Gasteiger charge is 2.17. The summed E-state index contributed by atoms with van der Waals surface area (Å²) in [6.07, 6.45) is -2.61. The average molecular weight is 254 g/mol. The van der Waals surface area contributed by atoms with E-state index in [0.29, 0.717) is 0 Å². The Morgan fingerprint density at radius 2 is 1.65 bits per heavy atom. The van der Waals surface area contributed by atoms with E-state index >= 15 is 0 Å². The van der Waals surface area contributed by atoms with E-state index in [0.717, 1.165) is 12.1 Å². The summed E-state index contributed by atoms with van der Waals surface area (Å²) in [6, 6.07) is 0.608. The smallest absolute Gasteiger partial charge is 0.250 e. The first kappa shape index (κ1) is 13.9. The first-order valence-corrected chi connectivity index (χ1v) is 4.81. The van der Waals surface area contributed by atoms with Gasteiger partial charge in [-0.2, -0.15) is 0 Å². The molecular formula is C10H11F5N2. The zero-order chi connectivity index (χ0) is 13.0. The first-order valence-electron chi connectivity index (χ1n) is 4.81. The normalized spacial score (nSPS) is 13.1. The molecule has 0 heterocycles. The van der Waals surface area contributed by atoms with Crippen LogP contribution >= 0.6 is 0 Å². The summed E-state index contributed by atoms with van der Waals surface area (Å²) in [7, 11) is 0. The number of halogens is 5. The van der Waals surface area contributed by atoms with Crippen LogP contribution in [-0.4, -0.2) is 19.5 Å². The molecule has 0 fully saturated rings. The number of nitrogens with one attached hydrogen (secondary N) is 1. The summed E-state index contributed by atoms with van der Waals surface area (Å²) < 4.78 is 62.4. The maximum absolute atomic E-state index is 12.9. The molecule has 2 nitrogen and oxygen atoms in total. The molecule has 0 saturated carbocycles. The van der Waals surface area contributed by atoms with Gasteiger partial charge in [-0.3, -0.25) is 0 Å². The van der Waals surface area contributed by atoms with Gasteiger partial charge >= 0.3 is 0 Å². The molecule has 1 aromatic carbocycles. The predicted molar refractivity (Wildman–Crippen MR) is 52.1 cm³/mol. The van der Waals surface area contributed by atoms with Crippen molar-refractivity contribution in [3.8, 4) is 0 Å². The first-order chi connectivity index (χ1) is 7.95. The minimum absolute atomic E-state index is 0.00968. The largest absolute Gasteiger partial charge is 0.329 e. The van der Waals surface area contributed by atoms with Gasteiger partial charge in [0, 0.05) is 12.6 Å². The van der Waals surface area contributed by atoms with Crippen molar-refractivity contribution in [3.63, 3.8) is 0 Å². The SMILES string of the molecule is NCC(NCC(F)F)c1cc(F)c(F)c(F)c1. The van der Waals surface area contributed by atoms with Gasteiger partial charge in [0.05, 0.1) is 6.54 Å². The number of hydrogen-bond acceptors (Lipinski definition) is 2. The standard InChI is InChI=1S/C10H11F5N2/c11-6-1-5(2-7(12)10(6)15)8(3-16)17-4-9(13)14/h1-2,8-9,17H,3-4,16H2. The Kier molecular flexibility index (Phi) is 4.83.